The van der Waals surface area contributed by atoms with E-state index in [4.69, 9.17) is 10.2 Å². The standard InChI is InChI=1S/C11H17N3O3/c15-7-10(8-16)13-4-5-14-11(17)9-2-1-3-12-6-9/h1-3,6,10,13,15-16H,4-5,7-8H2,(H,14,17). The van der Waals surface area contributed by atoms with Crippen molar-refractivity contribution in [1.29, 1.82) is 0 Å². The Morgan fingerprint density at radius 3 is 2.71 bits per heavy atom. The smallest absolute Gasteiger partial charge is 0.252 e. The number of aliphatic hydroxyl groups excluding tert-OH is 2. The number of hydrogen-bond acceptors (Lipinski definition) is 5. The Hall–Kier alpha value is -1.50. The molecule has 4 N–H and O–H groups in total. The summed E-state index contributed by atoms with van der Waals surface area (Å²) in [6.07, 6.45) is 3.10. The molecule has 0 aliphatic rings. The highest BCUT2D eigenvalue weighted by Gasteiger charge is 2.05. The first-order chi connectivity index (χ1) is 8.27. The maximum Gasteiger partial charge on any atom is 0.252 e. The van der Waals surface area contributed by atoms with Crippen LogP contribution in [0.15, 0.2) is 24.5 Å². The number of aliphatic hydroxyl groups is 2. The number of nitrogens with zero attached hydrogens (tertiary/aromatic N) is 1. The van der Waals surface area contributed by atoms with Crippen molar-refractivity contribution < 1.29 is 15.0 Å². The van der Waals surface area contributed by atoms with Gasteiger partial charge in [-0.3, -0.25) is 9.78 Å². The fourth-order valence-corrected chi connectivity index (χ4v) is 1.24. The summed E-state index contributed by atoms with van der Waals surface area (Å²) in [6, 6.07) is 3.03. The molecular weight excluding hydrogens is 222 g/mol. The van der Waals surface area contributed by atoms with Crippen molar-refractivity contribution in [1.82, 2.24) is 15.6 Å². The van der Waals surface area contributed by atoms with Crippen molar-refractivity contribution in [2.24, 2.45) is 0 Å². The number of nitrogens with one attached hydrogen (secondary N) is 2. The number of carbonyl (C=O) groups is 1. The molecule has 0 bridgehead atoms. The summed E-state index contributed by atoms with van der Waals surface area (Å²) >= 11 is 0. The van der Waals surface area contributed by atoms with Crippen LogP contribution in [0.25, 0.3) is 0 Å². The normalized spacial score (nSPS) is 10.5. The van der Waals surface area contributed by atoms with Gasteiger partial charge in [0.25, 0.3) is 5.91 Å². The maximum atomic E-state index is 11.6. The van der Waals surface area contributed by atoms with Crippen LogP contribution in [-0.2, 0) is 0 Å². The van der Waals surface area contributed by atoms with Crippen LogP contribution >= 0.6 is 0 Å². The van der Waals surface area contributed by atoms with E-state index in [0.717, 1.165) is 0 Å². The minimum Gasteiger partial charge on any atom is -0.395 e. The molecule has 0 saturated heterocycles. The van der Waals surface area contributed by atoms with E-state index < -0.39 is 0 Å². The van der Waals surface area contributed by atoms with E-state index in [1.54, 1.807) is 18.3 Å². The van der Waals surface area contributed by atoms with Gasteiger partial charge in [0, 0.05) is 25.5 Å². The Morgan fingerprint density at radius 1 is 1.35 bits per heavy atom. The maximum absolute atomic E-state index is 11.6. The van der Waals surface area contributed by atoms with Crippen molar-refractivity contribution in [2.75, 3.05) is 26.3 Å². The van der Waals surface area contributed by atoms with E-state index in [0.29, 0.717) is 18.7 Å². The largest absolute Gasteiger partial charge is 0.395 e. The molecule has 1 heterocycles. The van der Waals surface area contributed by atoms with Gasteiger partial charge >= 0.3 is 0 Å². The van der Waals surface area contributed by atoms with Crippen LogP contribution < -0.4 is 10.6 Å². The number of aromatic nitrogens is 1. The van der Waals surface area contributed by atoms with Gasteiger partial charge in [0.15, 0.2) is 0 Å². The predicted octanol–water partition coefficient (Wildman–Crippen LogP) is -1.25. The summed E-state index contributed by atoms with van der Waals surface area (Å²) in [5, 5.41) is 23.2. The highest BCUT2D eigenvalue weighted by Crippen LogP contribution is 1.94. The first-order valence-electron chi connectivity index (χ1n) is 5.41. The first-order valence-corrected chi connectivity index (χ1v) is 5.41. The minimum absolute atomic E-state index is 0.132. The number of carbonyl (C=O) groups excluding carboxylic acids is 1. The van der Waals surface area contributed by atoms with Gasteiger partial charge in [-0.2, -0.15) is 0 Å². The number of pyridine rings is 1. The Kier molecular flexibility index (Phi) is 6.16. The molecule has 1 aromatic rings. The Labute approximate surface area is 99.7 Å². The van der Waals surface area contributed by atoms with Crippen molar-refractivity contribution in [3.05, 3.63) is 30.1 Å². The summed E-state index contributed by atoms with van der Waals surface area (Å²) in [4.78, 5) is 15.4. The second-order valence-electron chi connectivity index (χ2n) is 3.51. The molecule has 0 saturated carbocycles. The summed E-state index contributed by atoms with van der Waals surface area (Å²) in [5.41, 5.74) is 0.508. The topological polar surface area (TPSA) is 94.5 Å². The number of rotatable bonds is 7. The molecule has 17 heavy (non-hydrogen) atoms. The van der Waals surface area contributed by atoms with Gasteiger partial charge in [0.1, 0.15) is 0 Å². The van der Waals surface area contributed by atoms with Crippen molar-refractivity contribution >= 4 is 5.91 Å². The lowest BCUT2D eigenvalue weighted by Gasteiger charge is -2.13. The van der Waals surface area contributed by atoms with Crippen molar-refractivity contribution in [2.45, 2.75) is 6.04 Å². The van der Waals surface area contributed by atoms with Gasteiger partial charge in [-0.15, -0.1) is 0 Å². The van der Waals surface area contributed by atoms with Crippen LogP contribution in [0.2, 0.25) is 0 Å². The third-order valence-electron chi connectivity index (χ3n) is 2.21. The molecule has 94 valence electrons. The lowest BCUT2D eigenvalue weighted by Crippen LogP contribution is -2.40. The Morgan fingerprint density at radius 2 is 2.12 bits per heavy atom. The van der Waals surface area contributed by atoms with E-state index in [9.17, 15) is 4.79 Å². The zero-order chi connectivity index (χ0) is 12.5. The van der Waals surface area contributed by atoms with Gasteiger partial charge in [-0.1, -0.05) is 0 Å². The molecule has 1 amide bonds. The van der Waals surface area contributed by atoms with Crippen LogP contribution in [0.3, 0.4) is 0 Å². The summed E-state index contributed by atoms with van der Waals surface area (Å²) in [6.45, 7) is 0.641. The second-order valence-corrected chi connectivity index (χ2v) is 3.51. The highest BCUT2D eigenvalue weighted by atomic mass is 16.3. The summed E-state index contributed by atoms with van der Waals surface area (Å²) < 4.78 is 0. The van der Waals surface area contributed by atoms with Crippen molar-refractivity contribution in [3.63, 3.8) is 0 Å². The average molecular weight is 239 g/mol. The Bertz CT molecular complexity index is 328. The molecule has 0 spiro atoms. The lowest BCUT2D eigenvalue weighted by atomic mass is 10.3. The third kappa shape index (κ3) is 4.90. The van der Waals surface area contributed by atoms with Gasteiger partial charge in [0.05, 0.1) is 24.8 Å². The summed E-state index contributed by atoms with van der Waals surface area (Å²) in [7, 11) is 0. The van der Waals surface area contributed by atoms with E-state index >= 15 is 0 Å². The highest BCUT2D eigenvalue weighted by molar-refractivity contribution is 5.93. The fourth-order valence-electron chi connectivity index (χ4n) is 1.24. The van der Waals surface area contributed by atoms with Crippen molar-refractivity contribution in [3.8, 4) is 0 Å². The Balaban J connectivity index is 2.21. The third-order valence-corrected chi connectivity index (χ3v) is 2.21. The predicted molar refractivity (Wildman–Crippen MR) is 62.5 cm³/mol. The van der Waals surface area contributed by atoms with E-state index in [1.165, 1.54) is 6.20 Å². The molecule has 0 aromatic carbocycles. The minimum atomic E-state index is -0.342. The molecule has 6 heteroatoms. The van der Waals surface area contributed by atoms with E-state index in [1.807, 2.05) is 0 Å². The molecular formula is C11H17N3O3. The van der Waals surface area contributed by atoms with Crippen LogP contribution in [0.4, 0.5) is 0 Å². The molecule has 0 unspecified atom stereocenters. The molecule has 0 radical (unpaired) electrons. The van der Waals surface area contributed by atoms with Crippen LogP contribution in [0.5, 0.6) is 0 Å². The van der Waals surface area contributed by atoms with Gasteiger partial charge in [-0.05, 0) is 12.1 Å². The SMILES string of the molecule is O=C(NCCNC(CO)CO)c1cccnc1. The molecule has 1 rings (SSSR count). The number of amides is 1. The zero-order valence-corrected chi connectivity index (χ0v) is 9.47. The van der Waals surface area contributed by atoms with Gasteiger partial charge in [-0.25, -0.2) is 0 Å². The van der Waals surface area contributed by atoms with Gasteiger partial charge in [0.2, 0.25) is 0 Å². The average Bonchev–Trinajstić information content (AvgIpc) is 2.40. The van der Waals surface area contributed by atoms with Crippen LogP contribution in [0.1, 0.15) is 10.4 Å². The molecule has 0 fully saturated rings. The van der Waals surface area contributed by atoms with Crippen LogP contribution in [0, 0.1) is 0 Å². The quantitative estimate of drug-likeness (QED) is 0.446. The monoisotopic (exact) mass is 239 g/mol. The molecule has 0 atom stereocenters. The van der Waals surface area contributed by atoms with Gasteiger partial charge < -0.3 is 20.8 Å². The lowest BCUT2D eigenvalue weighted by molar-refractivity contribution is 0.0952. The number of hydrogen-bond donors (Lipinski definition) is 4. The molecule has 6 nitrogen and oxygen atoms in total. The zero-order valence-electron chi connectivity index (χ0n) is 9.47. The fraction of sp³-hybridized carbons (Fsp3) is 0.455. The second kappa shape index (κ2) is 7.72. The molecule has 0 aliphatic carbocycles. The molecule has 1 aromatic heterocycles. The summed E-state index contributed by atoms with van der Waals surface area (Å²) in [5.74, 6) is -0.190. The van der Waals surface area contributed by atoms with Crippen LogP contribution in [-0.4, -0.2) is 53.4 Å². The van der Waals surface area contributed by atoms with E-state index in [-0.39, 0.29) is 25.2 Å². The molecule has 0 aliphatic heterocycles. The first kappa shape index (κ1) is 13.6. The van der Waals surface area contributed by atoms with E-state index in [2.05, 4.69) is 15.6 Å².